The SMILES string of the molecule is Cc1ccc(NC(=O)C[C@@H]2SC3=NCN(c4cccc(Br)c4)CN3C2=O)c(C)c1. The summed E-state index contributed by atoms with van der Waals surface area (Å²) in [6.07, 6.45) is 0.128. The van der Waals surface area contributed by atoms with Crippen LogP contribution in [0.15, 0.2) is 51.9 Å². The van der Waals surface area contributed by atoms with E-state index in [2.05, 4.69) is 26.2 Å². The average Bonchev–Trinajstić information content (AvgIpc) is 2.99. The molecule has 150 valence electrons. The van der Waals surface area contributed by atoms with Crippen LogP contribution in [0.25, 0.3) is 0 Å². The maximum atomic E-state index is 12.9. The molecule has 2 heterocycles. The van der Waals surface area contributed by atoms with Gasteiger partial charge >= 0.3 is 0 Å². The number of amides is 2. The maximum absolute atomic E-state index is 12.9. The van der Waals surface area contributed by atoms with Gasteiger partial charge in [-0.15, -0.1) is 0 Å². The van der Waals surface area contributed by atoms with Crippen molar-refractivity contribution in [1.82, 2.24) is 4.90 Å². The van der Waals surface area contributed by atoms with Crippen LogP contribution in [0.1, 0.15) is 17.5 Å². The molecule has 0 spiro atoms. The Kier molecular flexibility index (Phi) is 5.65. The van der Waals surface area contributed by atoms with Crippen LogP contribution in [0, 0.1) is 13.8 Å². The van der Waals surface area contributed by atoms with Gasteiger partial charge in [-0.1, -0.05) is 51.5 Å². The summed E-state index contributed by atoms with van der Waals surface area (Å²) >= 11 is 4.86. The number of fused-ring (bicyclic) bond motifs is 1. The van der Waals surface area contributed by atoms with Crippen LogP contribution in [0.2, 0.25) is 0 Å². The minimum atomic E-state index is -0.443. The highest BCUT2D eigenvalue weighted by atomic mass is 79.9. The van der Waals surface area contributed by atoms with Crippen LogP contribution >= 0.6 is 27.7 Å². The molecule has 1 saturated heterocycles. The number of aliphatic imine (C=N–C) groups is 1. The predicted molar refractivity (Wildman–Crippen MR) is 121 cm³/mol. The molecule has 0 unspecified atom stereocenters. The van der Waals surface area contributed by atoms with Crippen LogP contribution in [-0.2, 0) is 9.59 Å². The molecule has 0 saturated carbocycles. The Balaban J connectivity index is 1.41. The maximum Gasteiger partial charge on any atom is 0.244 e. The standard InChI is InChI=1S/C21H21BrN4O2S/c1-13-6-7-17(14(2)8-13)24-19(27)10-18-20(28)26-12-25(11-23-21(26)29-18)16-5-3-4-15(22)9-16/h3-9,18H,10-12H2,1-2H3,(H,24,27)/t18-/m0/s1. The molecule has 4 rings (SSSR count). The van der Waals surface area contributed by atoms with Crippen molar-refractivity contribution in [2.24, 2.45) is 4.99 Å². The molecule has 6 nitrogen and oxygen atoms in total. The zero-order chi connectivity index (χ0) is 20.5. The fourth-order valence-corrected chi connectivity index (χ4v) is 4.92. The first-order chi connectivity index (χ1) is 13.9. The van der Waals surface area contributed by atoms with Gasteiger partial charge in [-0.05, 0) is 43.7 Å². The number of amidine groups is 1. The number of rotatable bonds is 4. The fraction of sp³-hybridized carbons (Fsp3) is 0.286. The lowest BCUT2D eigenvalue weighted by molar-refractivity contribution is -0.128. The van der Waals surface area contributed by atoms with Crippen molar-refractivity contribution in [3.05, 3.63) is 58.1 Å². The van der Waals surface area contributed by atoms with E-state index < -0.39 is 5.25 Å². The molecule has 2 aliphatic rings. The number of hydrogen-bond donors (Lipinski definition) is 1. The molecule has 29 heavy (non-hydrogen) atoms. The molecule has 2 amide bonds. The molecule has 0 radical (unpaired) electrons. The van der Waals surface area contributed by atoms with Gasteiger partial charge in [0.15, 0.2) is 5.17 Å². The third kappa shape index (κ3) is 4.33. The number of nitrogens with one attached hydrogen (secondary N) is 1. The lowest BCUT2D eigenvalue weighted by Crippen LogP contribution is -2.46. The van der Waals surface area contributed by atoms with Gasteiger partial charge in [-0.25, -0.2) is 4.99 Å². The highest BCUT2D eigenvalue weighted by Gasteiger charge is 2.41. The summed E-state index contributed by atoms with van der Waals surface area (Å²) in [6.45, 7) is 4.91. The van der Waals surface area contributed by atoms with Crippen LogP contribution in [0.4, 0.5) is 11.4 Å². The summed E-state index contributed by atoms with van der Waals surface area (Å²) in [5.74, 6) is -0.226. The van der Waals surface area contributed by atoms with Gasteiger partial charge in [0, 0.05) is 22.3 Å². The molecule has 2 aromatic rings. The Morgan fingerprint density at radius 3 is 2.86 bits per heavy atom. The van der Waals surface area contributed by atoms with E-state index in [-0.39, 0.29) is 18.2 Å². The van der Waals surface area contributed by atoms with Crippen molar-refractivity contribution in [1.29, 1.82) is 0 Å². The summed E-state index contributed by atoms with van der Waals surface area (Å²) in [5.41, 5.74) is 3.94. The Morgan fingerprint density at radius 1 is 1.28 bits per heavy atom. The lowest BCUT2D eigenvalue weighted by atomic mass is 10.1. The minimum Gasteiger partial charge on any atom is -0.334 e. The van der Waals surface area contributed by atoms with Gasteiger partial charge in [0.1, 0.15) is 18.6 Å². The van der Waals surface area contributed by atoms with Gasteiger partial charge in [-0.2, -0.15) is 0 Å². The minimum absolute atomic E-state index is 0.0655. The van der Waals surface area contributed by atoms with Crippen molar-refractivity contribution >= 4 is 56.0 Å². The normalized spacial score (nSPS) is 18.5. The fourth-order valence-electron chi connectivity index (χ4n) is 3.41. The van der Waals surface area contributed by atoms with Gasteiger partial charge in [0.25, 0.3) is 0 Å². The summed E-state index contributed by atoms with van der Waals surface area (Å²) in [6, 6.07) is 13.8. The van der Waals surface area contributed by atoms with Gasteiger partial charge in [0.2, 0.25) is 11.8 Å². The molecule has 0 aromatic heterocycles. The summed E-state index contributed by atoms with van der Waals surface area (Å²) in [5, 5.41) is 3.19. The molecule has 8 heteroatoms. The molecule has 0 aliphatic carbocycles. The Bertz CT molecular complexity index is 1010. The number of halogens is 1. The van der Waals surface area contributed by atoms with E-state index in [1.165, 1.54) is 11.8 Å². The second kappa shape index (κ2) is 8.20. The van der Waals surface area contributed by atoms with E-state index in [4.69, 9.17) is 0 Å². The first kappa shape index (κ1) is 20.0. The number of carbonyl (C=O) groups excluding carboxylic acids is 2. The highest BCUT2D eigenvalue weighted by molar-refractivity contribution is 9.10. The molecular weight excluding hydrogens is 452 g/mol. The largest absolute Gasteiger partial charge is 0.334 e. The second-order valence-corrected chi connectivity index (χ2v) is 9.27. The summed E-state index contributed by atoms with van der Waals surface area (Å²) in [4.78, 5) is 33.7. The number of thioether (sulfide) groups is 1. The first-order valence-corrected chi connectivity index (χ1v) is 11.0. The number of carbonyl (C=O) groups is 2. The molecule has 2 aromatic carbocycles. The first-order valence-electron chi connectivity index (χ1n) is 9.31. The quantitative estimate of drug-likeness (QED) is 0.726. The van der Waals surface area contributed by atoms with Crippen molar-refractivity contribution in [3.63, 3.8) is 0 Å². The predicted octanol–water partition coefficient (Wildman–Crippen LogP) is 4.13. The highest BCUT2D eigenvalue weighted by Crippen LogP contribution is 2.33. The van der Waals surface area contributed by atoms with E-state index in [1.54, 1.807) is 4.90 Å². The van der Waals surface area contributed by atoms with Gasteiger partial charge in [-0.3, -0.25) is 14.5 Å². The van der Waals surface area contributed by atoms with E-state index in [0.717, 1.165) is 27.0 Å². The molecule has 1 atom stereocenters. The summed E-state index contributed by atoms with van der Waals surface area (Å²) in [7, 11) is 0. The number of benzene rings is 2. The Hall–Kier alpha value is -2.32. The zero-order valence-corrected chi connectivity index (χ0v) is 18.6. The van der Waals surface area contributed by atoms with Gasteiger partial charge in [0.05, 0.1) is 0 Å². The monoisotopic (exact) mass is 472 g/mol. The van der Waals surface area contributed by atoms with Crippen molar-refractivity contribution in [2.75, 3.05) is 23.6 Å². The lowest BCUT2D eigenvalue weighted by Gasteiger charge is -2.32. The third-order valence-electron chi connectivity index (χ3n) is 4.91. The van der Waals surface area contributed by atoms with Crippen LogP contribution in [0.3, 0.4) is 0 Å². The molecule has 1 N–H and O–H groups in total. The van der Waals surface area contributed by atoms with Crippen molar-refractivity contribution < 1.29 is 9.59 Å². The number of anilines is 2. The van der Waals surface area contributed by atoms with Crippen molar-refractivity contribution in [2.45, 2.75) is 25.5 Å². The third-order valence-corrected chi connectivity index (χ3v) is 6.62. The van der Waals surface area contributed by atoms with Crippen molar-refractivity contribution in [3.8, 4) is 0 Å². The second-order valence-electron chi connectivity index (χ2n) is 7.19. The Labute approximate surface area is 182 Å². The Morgan fingerprint density at radius 2 is 2.10 bits per heavy atom. The van der Waals surface area contributed by atoms with Crippen LogP contribution in [0.5, 0.6) is 0 Å². The van der Waals surface area contributed by atoms with E-state index in [9.17, 15) is 9.59 Å². The molecule has 1 fully saturated rings. The molecule has 0 bridgehead atoms. The zero-order valence-electron chi connectivity index (χ0n) is 16.2. The van der Waals surface area contributed by atoms with Crippen LogP contribution in [-0.4, -0.2) is 40.5 Å². The topological polar surface area (TPSA) is 65.0 Å². The molecule has 2 aliphatic heterocycles. The van der Waals surface area contributed by atoms with E-state index in [1.807, 2.05) is 61.2 Å². The van der Waals surface area contributed by atoms with Gasteiger partial charge < -0.3 is 10.2 Å². The number of hydrogen-bond acceptors (Lipinski definition) is 5. The van der Waals surface area contributed by atoms with E-state index in [0.29, 0.717) is 18.5 Å². The average molecular weight is 473 g/mol. The number of nitrogens with zero attached hydrogens (tertiary/aromatic N) is 3. The molecular formula is C21H21BrN4O2S. The summed E-state index contributed by atoms with van der Waals surface area (Å²) < 4.78 is 0.979. The van der Waals surface area contributed by atoms with Crippen LogP contribution < -0.4 is 10.2 Å². The van der Waals surface area contributed by atoms with E-state index >= 15 is 0 Å². The smallest absolute Gasteiger partial charge is 0.244 e. The number of aryl methyl sites for hydroxylation is 2.